The predicted octanol–water partition coefficient (Wildman–Crippen LogP) is -1.02. The highest BCUT2D eigenvalue weighted by atomic mass is 79.9. The average molecular weight is 362 g/mol. The van der Waals surface area contributed by atoms with Crippen molar-refractivity contribution in [3.8, 4) is 0 Å². The molecule has 0 aliphatic carbocycles. The van der Waals surface area contributed by atoms with E-state index in [-0.39, 0.29) is 0 Å². The molecule has 1 saturated heterocycles. The van der Waals surface area contributed by atoms with Crippen LogP contribution in [0, 0.1) is 0 Å². The Bertz CT molecular complexity index is 513. The number of hydrogen-bond donors (Lipinski definition) is 5. The Morgan fingerprint density at radius 2 is 1.90 bits per heavy atom. The van der Waals surface area contributed by atoms with Gasteiger partial charge in [-0.3, -0.25) is 4.79 Å². The number of aliphatic hydroxyl groups is 4. The maximum atomic E-state index is 12.1. The normalized spacial score (nSPS) is 32.7. The van der Waals surface area contributed by atoms with Crippen molar-refractivity contribution in [1.82, 2.24) is 5.32 Å². The summed E-state index contributed by atoms with van der Waals surface area (Å²) in [7, 11) is 0. The number of ether oxygens (including phenoxy) is 1. The van der Waals surface area contributed by atoms with Crippen molar-refractivity contribution < 1.29 is 30.0 Å². The first-order valence-electron chi connectivity index (χ1n) is 6.31. The molecule has 1 aromatic rings. The minimum Gasteiger partial charge on any atom is -0.394 e. The van der Waals surface area contributed by atoms with Crippen LogP contribution in [0.2, 0.25) is 0 Å². The summed E-state index contributed by atoms with van der Waals surface area (Å²) < 4.78 is 5.52. The number of aliphatic hydroxyl groups excluding tert-OH is 4. The second-order valence-corrected chi connectivity index (χ2v) is 5.56. The molecule has 21 heavy (non-hydrogen) atoms. The highest BCUT2D eigenvalue weighted by Gasteiger charge is 2.44. The predicted molar refractivity (Wildman–Crippen MR) is 75.4 cm³/mol. The lowest BCUT2D eigenvalue weighted by Crippen LogP contribution is -2.64. The molecule has 8 heteroatoms. The van der Waals surface area contributed by atoms with E-state index in [1.165, 1.54) is 0 Å². The maximum Gasteiger partial charge on any atom is 0.252 e. The zero-order valence-corrected chi connectivity index (χ0v) is 12.5. The Morgan fingerprint density at radius 1 is 1.24 bits per heavy atom. The standard InChI is InChI=1S/C13H16BrNO6/c14-7-4-2-1-3-6(7)12(19)15-9-11(18)10(17)8(5-16)21-13(9)20/h1-4,8-11,13,16-18,20H,5H2,(H,15,19)/t8-,9-,10-,11-,13-/m1/s1. The fraction of sp³-hybridized carbons (Fsp3) is 0.462. The number of benzene rings is 1. The second kappa shape index (κ2) is 6.82. The molecule has 0 bridgehead atoms. The van der Waals surface area contributed by atoms with Crippen LogP contribution in [-0.2, 0) is 4.74 Å². The van der Waals surface area contributed by atoms with E-state index in [2.05, 4.69) is 21.2 Å². The van der Waals surface area contributed by atoms with E-state index in [9.17, 15) is 20.1 Å². The molecule has 0 spiro atoms. The van der Waals surface area contributed by atoms with Gasteiger partial charge in [-0.05, 0) is 28.1 Å². The van der Waals surface area contributed by atoms with Gasteiger partial charge in [0.2, 0.25) is 0 Å². The molecular weight excluding hydrogens is 346 g/mol. The summed E-state index contributed by atoms with van der Waals surface area (Å²) in [6.45, 7) is -0.555. The van der Waals surface area contributed by atoms with E-state index < -0.39 is 43.2 Å². The fourth-order valence-electron chi connectivity index (χ4n) is 2.13. The summed E-state index contributed by atoms with van der Waals surface area (Å²) in [5.41, 5.74) is 0.315. The number of carbonyl (C=O) groups is 1. The quantitative estimate of drug-likeness (QED) is 0.470. The fourth-order valence-corrected chi connectivity index (χ4v) is 2.59. The molecule has 5 atom stereocenters. The second-order valence-electron chi connectivity index (χ2n) is 4.71. The number of hydrogen-bond acceptors (Lipinski definition) is 6. The molecular formula is C13H16BrNO6. The molecule has 2 rings (SSSR count). The minimum atomic E-state index is -1.54. The third kappa shape index (κ3) is 3.42. The highest BCUT2D eigenvalue weighted by Crippen LogP contribution is 2.21. The van der Waals surface area contributed by atoms with Crippen LogP contribution in [0.5, 0.6) is 0 Å². The van der Waals surface area contributed by atoms with Crippen LogP contribution in [0.25, 0.3) is 0 Å². The Kier molecular flexibility index (Phi) is 5.31. The number of nitrogens with one attached hydrogen (secondary N) is 1. The van der Waals surface area contributed by atoms with Gasteiger partial charge in [-0.1, -0.05) is 12.1 Å². The molecule has 0 unspecified atom stereocenters. The third-order valence-corrected chi connectivity index (χ3v) is 4.01. The van der Waals surface area contributed by atoms with Crippen LogP contribution in [0.3, 0.4) is 0 Å². The van der Waals surface area contributed by atoms with Crippen molar-refractivity contribution in [2.45, 2.75) is 30.6 Å². The van der Waals surface area contributed by atoms with Gasteiger partial charge < -0.3 is 30.5 Å². The van der Waals surface area contributed by atoms with Crippen molar-refractivity contribution in [2.24, 2.45) is 0 Å². The van der Waals surface area contributed by atoms with E-state index in [1.54, 1.807) is 24.3 Å². The van der Waals surface area contributed by atoms with Crippen molar-refractivity contribution in [1.29, 1.82) is 0 Å². The first-order valence-corrected chi connectivity index (χ1v) is 7.11. The van der Waals surface area contributed by atoms with Gasteiger partial charge in [-0.2, -0.15) is 0 Å². The number of halogens is 1. The van der Waals surface area contributed by atoms with Crippen LogP contribution in [-0.4, -0.2) is 63.6 Å². The highest BCUT2D eigenvalue weighted by molar-refractivity contribution is 9.10. The Balaban J connectivity index is 2.12. The van der Waals surface area contributed by atoms with Crippen LogP contribution in [0.4, 0.5) is 0 Å². The lowest BCUT2D eigenvalue weighted by Gasteiger charge is -2.40. The number of rotatable bonds is 3. The first-order chi connectivity index (χ1) is 9.95. The Hall–Kier alpha value is -1.03. The van der Waals surface area contributed by atoms with Crippen LogP contribution in [0.15, 0.2) is 28.7 Å². The van der Waals surface area contributed by atoms with Crippen molar-refractivity contribution >= 4 is 21.8 Å². The third-order valence-electron chi connectivity index (χ3n) is 3.32. The lowest BCUT2D eigenvalue weighted by atomic mass is 9.97. The maximum absolute atomic E-state index is 12.1. The largest absolute Gasteiger partial charge is 0.394 e. The molecule has 5 N–H and O–H groups in total. The average Bonchev–Trinajstić information content (AvgIpc) is 2.47. The summed E-state index contributed by atoms with van der Waals surface area (Å²) in [6, 6.07) is 5.44. The first kappa shape index (κ1) is 16.3. The molecule has 1 aromatic carbocycles. The summed E-state index contributed by atoms with van der Waals surface area (Å²) in [5.74, 6) is -0.538. The molecule has 1 aliphatic heterocycles. The summed E-state index contributed by atoms with van der Waals surface area (Å²) in [6.07, 6.45) is -5.51. The van der Waals surface area contributed by atoms with E-state index in [0.717, 1.165) is 0 Å². The molecule has 0 radical (unpaired) electrons. The minimum absolute atomic E-state index is 0.315. The number of carbonyl (C=O) groups excluding carboxylic acids is 1. The van der Waals surface area contributed by atoms with Crippen LogP contribution >= 0.6 is 15.9 Å². The Labute approximate surface area is 129 Å². The van der Waals surface area contributed by atoms with Gasteiger partial charge in [0, 0.05) is 4.47 Å². The molecule has 116 valence electrons. The summed E-state index contributed by atoms with van der Waals surface area (Å²) in [4.78, 5) is 12.1. The van der Waals surface area contributed by atoms with Crippen LogP contribution in [0.1, 0.15) is 10.4 Å². The van der Waals surface area contributed by atoms with E-state index in [0.29, 0.717) is 10.0 Å². The van der Waals surface area contributed by atoms with Crippen LogP contribution < -0.4 is 5.32 Å². The molecule has 1 fully saturated rings. The molecule has 1 aliphatic rings. The van der Waals surface area contributed by atoms with E-state index >= 15 is 0 Å². The molecule has 1 amide bonds. The van der Waals surface area contributed by atoms with E-state index in [4.69, 9.17) is 9.84 Å². The Morgan fingerprint density at radius 3 is 2.52 bits per heavy atom. The van der Waals surface area contributed by atoms with Gasteiger partial charge in [0.25, 0.3) is 5.91 Å². The molecule has 0 aromatic heterocycles. The number of amides is 1. The summed E-state index contributed by atoms with van der Waals surface area (Å²) >= 11 is 3.23. The molecule has 0 saturated carbocycles. The summed E-state index contributed by atoms with van der Waals surface area (Å²) in [5, 5.41) is 40.9. The van der Waals surface area contributed by atoms with Crippen molar-refractivity contribution in [3.63, 3.8) is 0 Å². The lowest BCUT2D eigenvalue weighted by molar-refractivity contribution is -0.252. The van der Waals surface area contributed by atoms with Gasteiger partial charge in [-0.15, -0.1) is 0 Å². The van der Waals surface area contributed by atoms with Gasteiger partial charge in [0.05, 0.1) is 12.2 Å². The smallest absolute Gasteiger partial charge is 0.252 e. The van der Waals surface area contributed by atoms with Gasteiger partial charge in [-0.25, -0.2) is 0 Å². The zero-order valence-electron chi connectivity index (χ0n) is 10.9. The molecule has 1 heterocycles. The van der Waals surface area contributed by atoms with Crippen molar-refractivity contribution in [2.75, 3.05) is 6.61 Å². The SMILES string of the molecule is O=C(N[C@@H]1[C@@H](O)[C@H](O)[C@@H](CO)O[C@H]1O)c1ccccc1Br. The van der Waals surface area contributed by atoms with Gasteiger partial charge in [0.15, 0.2) is 6.29 Å². The zero-order chi connectivity index (χ0) is 15.6. The van der Waals surface area contributed by atoms with Crippen molar-refractivity contribution in [3.05, 3.63) is 34.3 Å². The monoisotopic (exact) mass is 361 g/mol. The molecule has 7 nitrogen and oxygen atoms in total. The van der Waals surface area contributed by atoms with E-state index in [1.807, 2.05) is 0 Å². The topological polar surface area (TPSA) is 119 Å². The van der Waals surface area contributed by atoms with Gasteiger partial charge >= 0.3 is 0 Å². The van der Waals surface area contributed by atoms with Gasteiger partial charge in [0.1, 0.15) is 24.4 Å².